The van der Waals surface area contributed by atoms with Crippen molar-refractivity contribution in [2.24, 2.45) is 0 Å². The van der Waals surface area contributed by atoms with E-state index in [9.17, 15) is 0 Å². The minimum atomic E-state index is 0.834. The monoisotopic (exact) mass is 192 g/mol. The fourth-order valence-corrected chi connectivity index (χ4v) is 1.77. The summed E-state index contributed by atoms with van der Waals surface area (Å²) in [5.41, 5.74) is 3.71. The second-order valence-electron chi connectivity index (χ2n) is 3.64. The Morgan fingerprint density at radius 2 is 2.00 bits per heavy atom. The summed E-state index contributed by atoms with van der Waals surface area (Å²) in [5.74, 6) is 0. The molecule has 0 atom stereocenters. The van der Waals surface area contributed by atoms with Crippen molar-refractivity contribution in [1.29, 1.82) is 0 Å². The standard InChI is InChI=1S/C11H16N2O/c1-9-10(2)12-4-3-11(9)13-5-7-14-8-6-13/h3-4H,5-8H2,1-2H3. The average molecular weight is 192 g/mol. The molecule has 0 N–H and O–H groups in total. The Balaban J connectivity index is 2.26. The van der Waals surface area contributed by atoms with Crippen molar-refractivity contribution in [3.63, 3.8) is 0 Å². The molecule has 76 valence electrons. The molecule has 3 nitrogen and oxygen atoms in total. The van der Waals surface area contributed by atoms with Gasteiger partial charge in [-0.05, 0) is 25.5 Å². The van der Waals surface area contributed by atoms with Crippen LogP contribution in [0.15, 0.2) is 12.3 Å². The van der Waals surface area contributed by atoms with E-state index in [-0.39, 0.29) is 0 Å². The summed E-state index contributed by atoms with van der Waals surface area (Å²) in [5, 5.41) is 0. The van der Waals surface area contributed by atoms with E-state index in [0.29, 0.717) is 0 Å². The molecule has 0 saturated carbocycles. The molecule has 2 rings (SSSR count). The van der Waals surface area contributed by atoms with Gasteiger partial charge >= 0.3 is 0 Å². The van der Waals surface area contributed by atoms with Crippen molar-refractivity contribution >= 4 is 5.69 Å². The van der Waals surface area contributed by atoms with Crippen LogP contribution in [0.2, 0.25) is 0 Å². The third kappa shape index (κ3) is 1.73. The highest BCUT2D eigenvalue weighted by Gasteiger charge is 2.13. The summed E-state index contributed by atoms with van der Waals surface area (Å²) in [6.07, 6.45) is 1.88. The summed E-state index contributed by atoms with van der Waals surface area (Å²) < 4.78 is 5.33. The van der Waals surface area contributed by atoms with Gasteiger partial charge in [-0.2, -0.15) is 0 Å². The summed E-state index contributed by atoms with van der Waals surface area (Å²) in [7, 11) is 0. The zero-order chi connectivity index (χ0) is 9.97. The van der Waals surface area contributed by atoms with E-state index < -0.39 is 0 Å². The maximum absolute atomic E-state index is 5.33. The second-order valence-corrected chi connectivity index (χ2v) is 3.64. The topological polar surface area (TPSA) is 25.4 Å². The number of aryl methyl sites for hydroxylation is 1. The molecule has 1 aromatic heterocycles. The molecule has 2 heterocycles. The van der Waals surface area contributed by atoms with Crippen molar-refractivity contribution < 1.29 is 4.74 Å². The predicted octanol–water partition coefficient (Wildman–Crippen LogP) is 1.54. The Hall–Kier alpha value is -1.09. The first kappa shape index (κ1) is 9.46. The van der Waals surface area contributed by atoms with Crippen LogP contribution in [0.25, 0.3) is 0 Å². The number of hydrogen-bond acceptors (Lipinski definition) is 3. The van der Waals surface area contributed by atoms with Crippen LogP contribution in [-0.4, -0.2) is 31.3 Å². The highest BCUT2D eigenvalue weighted by Crippen LogP contribution is 2.21. The third-order valence-electron chi connectivity index (χ3n) is 2.78. The van der Waals surface area contributed by atoms with Crippen molar-refractivity contribution in [1.82, 2.24) is 4.98 Å². The highest BCUT2D eigenvalue weighted by atomic mass is 16.5. The molecule has 3 heteroatoms. The number of rotatable bonds is 1. The van der Waals surface area contributed by atoms with E-state index in [4.69, 9.17) is 4.74 Å². The molecule has 1 aromatic rings. The first-order chi connectivity index (χ1) is 6.79. The molecule has 1 saturated heterocycles. The molecule has 1 aliphatic heterocycles. The minimum Gasteiger partial charge on any atom is -0.378 e. The summed E-state index contributed by atoms with van der Waals surface area (Å²) in [4.78, 5) is 6.64. The van der Waals surface area contributed by atoms with E-state index in [1.165, 1.54) is 11.3 Å². The number of ether oxygens (including phenoxy) is 1. The van der Waals surface area contributed by atoms with E-state index >= 15 is 0 Å². The fourth-order valence-electron chi connectivity index (χ4n) is 1.77. The SMILES string of the molecule is Cc1nccc(N2CCOCC2)c1C. The molecule has 0 spiro atoms. The maximum Gasteiger partial charge on any atom is 0.0642 e. The molecule has 1 fully saturated rings. The number of aromatic nitrogens is 1. The average Bonchev–Trinajstić information content (AvgIpc) is 2.23. The lowest BCUT2D eigenvalue weighted by Gasteiger charge is -2.30. The molecule has 0 aromatic carbocycles. The quantitative estimate of drug-likeness (QED) is 0.674. The molecule has 0 aliphatic carbocycles. The van der Waals surface area contributed by atoms with Crippen LogP contribution in [0.4, 0.5) is 5.69 Å². The molecule has 0 bridgehead atoms. The van der Waals surface area contributed by atoms with Crippen molar-refractivity contribution in [3.8, 4) is 0 Å². The third-order valence-corrected chi connectivity index (χ3v) is 2.78. The number of anilines is 1. The summed E-state index contributed by atoms with van der Waals surface area (Å²) >= 11 is 0. The van der Waals surface area contributed by atoms with E-state index in [1.807, 2.05) is 6.20 Å². The van der Waals surface area contributed by atoms with Crippen molar-refractivity contribution in [3.05, 3.63) is 23.5 Å². The van der Waals surface area contributed by atoms with Crippen LogP contribution in [0.3, 0.4) is 0 Å². The zero-order valence-corrected chi connectivity index (χ0v) is 8.79. The van der Waals surface area contributed by atoms with Crippen molar-refractivity contribution in [2.45, 2.75) is 13.8 Å². The van der Waals surface area contributed by atoms with Gasteiger partial charge in [0.15, 0.2) is 0 Å². The van der Waals surface area contributed by atoms with Gasteiger partial charge < -0.3 is 9.64 Å². The Morgan fingerprint density at radius 3 is 2.71 bits per heavy atom. The van der Waals surface area contributed by atoms with Crippen LogP contribution >= 0.6 is 0 Å². The van der Waals surface area contributed by atoms with Gasteiger partial charge in [0.1, 0.15) is 0 Å². The van der Waals surface area contributed by atoms with Crippen LogP contribution in [0, 0.1) is 13.8 Å². The van der Waals surface area contributed by atoms with Gasteiger partial charge in [0.25, 0.3) is 0 Å². The lowest BCUT2D eigenvalue weighted by Crippen LogP contribution is -2.36. The molecule has 0 amide bonds. The number of morpholine rings is 1. The Bertz CT molecular complexity index is 319. The lowest BCUT2D eigenvalue weighted by atomic mass is 10.1. The number of pyridine rings is 1. The van der Waals surface area contributed by atoms with Gasteiger partial charge in [-0.3, -0.25) is 4.98 Å². The molecule has 0 radical (unpaired) electrons. The molecular formula is C11H16N2O. The van der Waals surface area contributed by atoms with E-state index in [1.54, 1.807) is 0 Å². The lowest BCUT2D eigenvalue weighted by molar-refractivity contribution is 0.122. The van der Waals surface area contributed by atoms with Gasteiger partial charge in [0.2, 0.25) is 0 Å². The largest absolute Gasteiger partial charge is 0.378 e. The van der Waals surface area contributed by atoms with Gasteiger partial charge in [-0.25, -0.2) is 0 Å². The van der Waals surface area contributed by atoms with Gasteiger partial charge in [-0.1, -0.05) is 0 Å². The van der Waals surface area contributed by atoms with E-state index in [2.05, 4.69) is 29.8 Å². The normalized spacial score (nSPS) is 17.1. The fraction of sp³-hybridized carbons (Fsp3) is 0.545. The van der Waals surface area contributed by atoms with E-state index in [0.717, 1.165) is 32.0 Å². The van der Waals surface area contributed by atoms with Gasteiger partial charge in [0, 0.05) is 30.7 Å². The molecular weight excluding hydrogens is 176 g/mol. The highest BCUT2D eigenvalue weighted by molar-refractivity contribution is 5.54. The molecule has 14 heavy (non-hydrogen) atoms. The minimum absolute atomic E-state index is 0.834. The molecule has 1 aliphatic rings. The van der Waals surface area contributed by atoms with Crippen molar-refractivity contribution in [2.75, 3.05) is 31.2 Å². The zero-order valence-electron chi connectivity index (χ0n) is 8.79. The predicted molar refractivity (Wildman–Crippen MR) is 56.7 cm³/mol. The Morgan fingerprint density at radius 1 is 1.29 bits per heavy atom. The second kappa shape index (κ2) is 3.96. The number of hydrogen-bond donors (Lipinski definition) is 0. The summed E-state index contributed by atoms with van der Waals surface area (Å²) in [6.45, 7) is 7.84. The van der Waals surface area contributed by atoms with Crippen LogP contribution in [0.5, 0.6) is 0 Å². The first-order valence-corrected chi connectivity index (χ1v) is 5.04. The number of nitrogens with zero attached hydrogens (tertiary/aromatic N) is 2. The smallest absolute Gasteiger partial charge is 0.0642 e. The van der Waals surface area contributed by atoms with Crippen LogP contribution in [-0.2, 0) is 4.74 Å². The van der Waals surface area contributed by atoms with Crippen LogP contribution < -0.4 is 4.90 Å². The van der Waals surface area contributed by atoms with Crippen LogP contribution in [0.1, 0.15) is 11.3 Å². The Kier molecular flexibility index (Phi) is 2.68. The maximum atomic E-state index is 5.33. The Labute approximate surface area is 84.7 Å². The van der Waals surface area contributed by atoms with Gasteiger partial charge in [0.05, 0.1) is 13.2 Å². The molecule has 0 unspecified atom stereocenters. The first-order valence-electron chi connectivity index (χ1n) is 5.04. The summed E-state index contributed by atoms with van der Waals surface area (Å²) in [6, 6.07) is 2.09. The van der Waals surface area contributed by atoms with Gasteiger partial charge in [-0.15, -0.1) is 0 Å².